The smallest absolute Gasteiger partial charge is 0.251 e. The first kappa shape index (κ1) is 28.5. The van der Waals surface area contributed by atoms with E-state index in [-0.39, 0.29) is 0 Å². The van der Waals surface area contributed by atoms with Gasteiger partial charge in [0.2, 0.25) is 0 Å². The molecule has 2 rings (SSSR count). The summed E-state index contributed by atoms with van der Waals surface area (Å²) in [6, 6.07) is 22.8. The van der Waals surface area contributed by atoms with Crippen molar-refractivity contribution in [1.82, 2.24) is 0 Å². The summed E-state index contributed by atoms with van der Waals surface area (Å²) >= 11 is 0. The summed E-state index contributed by atoms with van der Waals surface area (Å²) in [6.07, 6.45) is 16.0. The van der Waals surface area contributed by atoms with Gasteiger partial charge in [0.15, 0.2) is 0 Å². The second kappa shape index (κ2) is 17.7. The van der Waals surface area contributed by atoms with Gasteiger partial charge in [-0.05, 0) is 48.0 Å². The molecule has 0 N–H and O–H groups in total. The average Bonchev–Trinajstić information content (AvgIpc) is 2.87. The second-order valence-corrected chi connectivity index (χ2v) is 14.0. The molecule has 34 heavy (non-hydrogen) atoms. The van der Waals surface area contributed by atoms with E-state index < -0.39 is 8.32 Å². The van der Waals surface area contributed by atoms with Gasteiger partial charge >= 0.3 is 0 Å². The van der Waals surface area contributed by atoms with Crippen LogP contribution in [-0.2, 0) is 6.61 Å². The van der Waals surface area contributed by atoms with Crippen molar-refractivity contribution >= 4 is 8.32 Å². The Balaban J connectivity index is 2.05. The standard InChI is InChI=1S/C31H50O2Si/c1-4-7-10-16-25-34(26-17-11-8-5-2,27-18-12-9-6-3)33-31-23-21-30(22-24-31)32-28-29-19-14-13-15-20-29/h13-15,19-24H,4-12,16-18,25-28H2,1-3H3. The van der Waals surface area contributed by atoms with Crippen LogP contribution in [0, 0.1) is 0 Å². The molecule has 0 aromatic heterocycles. The largest absolute Gasteiger partial charge is 0.543 e. The lowest BCUT2D eigenvalue weighted by molar-refractivity contribution is 0.306. The third-order valence-corrected chi connectivity index (χ3v) is 11.3. The molecule has 0 atom stereocenters. The van der Waals surface area contributed by atoms with Crippen molar-refractivity contribution in [1.29, 1.82) is 0 Å². The zero-order valence-electron chi connectivity index (χ0n) is 22.3. The van der Waals surface area contributed by atoms with Crippen LogP contribution in [0.15, 0.2) is 54.6 Å². The highest BCUT2D eigenvalue weighted by atomic mass is 28.4. The highest BCUT2D eigenvalue weighted by molar-refractivity contribution is 6.74. The van der Waals surface area contributed by atoms with E-state index in [1.165, 1.54) is 101 Å². The molecule has 0 bridgehead atoms. The van der Waals surface area contributed by atoms with Crippen molar-refractivity contribution in [2.24, 2.45) is 0 Å². The van der Waals surface area contributed by atoms with E-state index in [9.17, 15) is 0 Å². The zero-order valence-corrected chi connectivity index (χ0v) is 23.3. The molecular formula is C31H50O2Si. The molecule has 2 aromatic carbocycles. The first-order chi connectivity index (χ1) is 16.7. The van der Waals surface area contributed by atoms with Gasteiger partial charge in [-0.15, -0.1) is 0 Å². The van der Waals surface area contributed by atoms with Crippen LogP contribution in [0.25, 0.3) is 0 Å². The topological polar surface area (TPSA) is 18.5 Å². The van der Waals surface area contributed by atoms with Gasteiger partial charge in [-0.3, -0.25) is 0 Å². The molecule has 190 valence electrons. The van der Waals surface area contributed by atoms with Gasteiger partial charge in [0.1, 0.15) is 18.1 Å². The fourth-order valence-corrected chi connectivity index (χ4v) is 9.12. The number of hydrogen-bond acceptors (Lipinski definition) is 2. The van der Waals surface area contributed by atoms with Crippen LogP contribution in [0.2, 0.25) is 18.1 Å². The lowest BCUT2D eigenvalue weighted by Gasteiger charge is -2.33. The summed E-state index contributed by atoms with van der Waals surface area (Å²) < 4.78 is 13.1. The molecule has 0 spiro atoms. The number of rotatable bonds is 20. The van der Waals surface area contributed by atoms with Crippen molar-refractivity contribution in [2.45, 2.75) is 123 Å². The van der Waals surface area contributed by atoms with E-state index in [0.29, 0.717) is 6.61 Å². The third-order valence-electron chi connectivity index (χ3n) is 6.86. The molecule has 0 saturated heterocycles. The van der Waals surface area contributed by atoms with E-state index in [1.807, 2.05) is 6.07 Å². The summed E-state index contributed by atoms with van der Waals surface area (Å²) in [6.45, 7) is 7.51. The number of benzene rings is 2. The second-order valence-electron chi connectivity index (χ2n) is 9.96. The quantitative estimate of drug-likeness (QED) is 0.138. The summed E-state index contributed by atoms with van der Waals surface area (Å²) in [5, 5.41) is 0. The van der Waals surface area contributed by atoms with E-state index in [1.54, 1.807) is 0 Å². The Hall–Kier alpha value is -1.74. The first-order valence-corrected chi connectivity index (χ1v) is 16.7. The molecule has 0 heterocycles. The zero-order chi connectivity index (χ0) is 24.3. The lowest BCUT2D eigenvalue weighted by Crippen LogP contribution is -2.41. The molecule has 3 heteroatoms. The minimum atomic E-state index is -1.82. The van der Waals surface area contributed by atoms with Crippen LogP contribution < -0.4 is 9.16 Å². The van der Waals surface area contributed by atoms with Gasteiger partial charge in [0.05, 0.1) is 0 Å². The van der Waals surface area contributed by atoms with Crippen molar-refractivity contribution in [3.8, 4) is 11.5 Å². The fraction of sp³-hybridized carbons (Fsp3) is 0.613. The minimum Gasteiger partial charge on any atom is -0.543 e. The molecule has 0 fully saturated rings. The monoisotopic (exact) mass is 482 g/mol. The van der Waals surface area contributed by atoms with Gasteiger partial charge in [-0.25, -0.2) is 0 Å². The van der Waals surface area contributed by atoms with Crippen LogP contribution in [0.5, 0.6) is 11.5 Å². The molecule has 2 nitrogen and oxygen atoms in total. The maximum Gasteiger partial charge on any atom is 0.251 e. The third kappa shape index (κ3) is 11.6. The highest BCUT2D eigenvalue weighted by Crippen LogP contribution is 2.33. The average molecular weight is 483 g/mol. The highest BCUT2D eigenvalue weighted by Gasteiger charge is 2.35. The maximum absolute atomic E-state index is 7.04. The first-order valence-electron chi connectivity index (χ1n) is 14.2. The van der Waals surface area contributed by atoms with Crippen molar-refractivity contribution in [2.75, 3.05) is 0 Å². The van der Waals surface area contributed by atoms with Crippen molar-refractivity contribution < 1.29 is 9.16 Å². The lowest BCUT2D eigenvalue weighted by atomic mass is 10.2. The molecule has 0 radical (unpaired) electrons. The predicted octanol–water partition coefficient (Wildman–Crippen LogP) is 10.3. The Morgan fingerprint density at radius 1 is 0.529 bits per heavy atom. The van der Waals surface area contributed by atoms with Gasteiger partial charge in [-0.1, -0.05) is 128 Å². The summed E-state index contributed by atoms with van der Waals surface area (Å²) in [5.41, 5.74) is 1.19. The van der Waals surface area contributed by atoms with E-state index in [2.05, 4.69) is 69.3 Å². The normalized spacial score (nSPS) is 11.5. The maximum atomic E-state index is 7.04. The van der Waals surface area contributed by atoms with Crippen LogP contribution in [0.1, 0.15) is 103 Å². The summed E-state index contributed by atoms with van der Waals surface area (Å²) in [5.74, 6) is 1.97. The number of hydrogen-bond donors (Lipinski definition) is 0. The summed E-state index contributed by atoms with van der Waals surface area (Å²) in [7, 11) is -1.82. The van der Waals surface area contributed by atoms with E-state index in [0.717, 1.165) is 11.5 Å². The predicted molar refractivity (Wildman–Crippen MR) is 150 cm³/mol. The molecule has 0 aliphatic rings. The molecule has 2 aromatic rings. The Bertz CT molecular complexity index is 698. The van der Waals surface area contributed by atoms with Gasteiger partial charge < -0.3 is 9.16 Å². The minimum absolute atomic E-state index is 0.603. The van der Waals surface area contributed by atoms with Gasteiger partial charge in [0, 0.05) is 0 Å². The van der Waals surface area contributed by atoms with Crippen LogP contribution in [0.3, 0.4) is 0 Å². The summed E-state index contributed by atoms with van der Waals surface area (Å²) in [4.78, 5) is 0. The van der Waals surface area contributed by atoms with Crippen molar-refractivity contribution in [3.63, 3.8) is 0 Å². The molecular weight excluding hydrogens is 432 g/mol. The van der Waals surface area contributed by atoms with Crippen LogP contribution in [-0.4, -0.2) is 8.32 Å². The Morgan fingerprint density at radius 2 is 1.00 bits per heavy atom. The Morgan fingerprint density at radius 3 is 1.47 bits per heavy atom. The molecule has 0 saturated carbocycles. The van der Waals surface area contributed by atoms with E-state index in [4.69, 9.17) is 9.16 Å². The molecule has 0 amide bonds. The molecule has 0 unspecified atom stereocenters. The molecule has 0 aliphatic heterocycles. The number of ether oxygens (including phenoxy) is 1. The Labute approximate surface area is 211 Å². The van der Waals surface area contributed by atoms with Gasteiger partial charge in [0.25, 0.3) is 8.32 Å². The van der Waals surface area contributed by atoms with Crippen molar-refractivity contribution in [3.05, 3.63) is 60.2 Å². The van der Waals surface area contributed by atoms with Crippen LogP contribution in [0.4, 0.5) is 0 Å². The number of unbranched alkanes of at least 4 members (excludes halogenated alkanes) is 9. The molecule has 0 aliphatic carbocycles. The van der Waals surface area contributed by atoms with Gasteiger partial charge in [-0.2, -0.15) is 0 Å². The van der Waals surface area contributed by atoms with Crippen LogP contribution >= 0.6 is 0 Å². The Kier molecular flexibility index (Phi) is 14.8. The fourth-order valence-electron chi connectivity index (χ4n) is 4.74. The SMILES string of the molecule is CCCCCC[Si](CCCCCC)(CCCCCC)Oc1ccc(OCc2ccccc2)cc1. The van der Waals surface area contributed by atoms with E-state index >= 15 is 0 Å².